The van der Waals surface area contributed by atoms with Crippen molar-refractivity contribution in [2.45, 2.75) is 20.4 Å². The third-order valence-corrected chi connectivity index (χ3v) is 3.68. The zero-order valence-electron chi connectivity index (χ0n) is 10.5. The molecule has 16 heavy (non-hydrogen) atoms. The SMILES string of the molecule is CCN(CC)CCNCc1ccc(OC)s1. The van der Waals surface area contributed by atoms with Crippen LogP contribution in [0.3, 0.4) is 0 Å². The predicted molar refractivity (Wildman–Crippen MR) is 70.4 cm³/mol. The molecule has 1 rings (SSSR count). The van der Waals surface area contributed by atoms with E-state index in [4.69, 9.17) is 4.74 Å². The van der Waals surface area contributed by atoms with Gasteiger partial charge in [0.25, 0.3) is 0 Å². The van der Waals surface area contributed by atoms with Crippen LogP contribution in [0.1, 0.15) is 18.7 Å². The second kappa shape index (κ2) is 7.65. The molecule has 1 aromatic heterocycles. The van der Waals surface area contributed by atoms with Crippen LogP contribution >= 0.6 is 11.3 Å². The van der Waals surface area contributed by atoms with Crippen molar-refractivity contribution < 1.29 is 4.74 Å². The highest BCUT2D eigenvalue weighted by Gasteiger charge is 2.00. The third kappa shape index (κ3) is 4.51. The second-order valence-corrected chi connectivity index (χ2v) is 4.76. The van der Waals surface area contributed by atoms with Crippen molar-refractivity contribution in [2.24, 2.45) is 0 Å². The van der Waals surface area contributed by atoms with E-state index in [2.05, 4.69) is 30.1 Å². The summed E-state index contributed by atoms with van der Waals surface area (Å²) in [4.78, 5) is 3.75. The fourth-order valence-corrected chi connectivity index (χ4v) is 2.34. The van der Waals surface area contributed by atoms with Crippen LogP contribution in [0, 0.1) is 0 Å². The Balaban J connectivity index is 2.15. The maximum absolute atomic E-state index is 5.16. The average molecular weight is 242 g/mol. The van der Waals surface area contributed by atoms with E-state index in [1.54, 1.807) is 18.4 Å². The van der Waals surface area contributed by atoms with Crippen LogP contribution in [0.15, 0.2) is 12.1 Å². The lowest BCUT2D eigenvalue weighted by Gasteiger charge is -2.17. The van der Waals surface area contributed by atoms with Crippen LogP contribution in [0.25, 0.3) is 0 Å². The van der Waals surface area contributed by atoms with Gasteiger partial charge >= 0.3 is 0 Å². The number of nitrogens with zero attached hydrogens (tertiary/aromatic N) is 1. The third-order valence-electron chi connectivity index (χ3n) is 2.64. The van der Waals surface area contributed by atoms with Crippen molar-refractivity contribution in [3.63, 3.8) is 0 Å². The first kappa shape index (κ1) is 13.5. The van der Waals surface area contributed by atoms with Gasteiger partial charge in [-0.3, -0.25) is 0 Å². The lowest BCUT2D eigenvalue weighted by Crippen LogP contribution is -2.31. The minimum Gasteiger partial charge on any atom is -0.487 e. The maximum atomic E-state index is 5.16. The van der Waals surface area contributed by atoms with Crippen molar-refractivity contribution in [1.29, 1.82) is 0 Å². The number of thiophene rings is 1. The van der Waals surface area contributed by atoms with Crippen molar-refractivity contribution in [2.75, 3.05) is 33.3 Å². The standard InChI is InChI=1S/C12H22N2OS/c1-4-14(5-2)9-8-13-10-11-6-7-12(15-3)16-11/h6-7,13H,4-5,8-10H2,1-3H3. The Labute approximate surface area is 102 Å². The highest BCUT2D eigenvalue weighted by molar-refractivity contribution is 7.13. The van der Waals surface area contributed by atoms with E-state index in [0.29, 0.717) is 0 Å². The summed E-state index contributed by atoms with van der Waals surface area (Å²) in [6.07, 6.45) is 0. The largest absolute Gasteiger partial charge is 0.487 e. The van der Waals surface area contributed by atoms with Crippen molar-refractivity contribution >= 4 is 11.3 Å². The fourth-order valence-electron chi connectivity index (χ4n) is 1.55. The first-order valence-corrected chi connectivity index (χ1v) is 6.67. The molecule has 4 heteroatoms. The molecule has 3 nitrogen and oxygen atoms in total. The Morgan fingerprint density at radius 1 is 1.31 bits per heavy atom. The van der Waals surface area contributed by atoms with Crippen molar-refractivity contribution in [1.82, 2.24) is 10.2 Å². The molecule has 0 amide bonds. The van der Waals surface area contributed by atoms with Crippen LogP contribution in [-0.4, -0.2) is 38.2 Å². The minimum atomic E-state index is 0.940. The monoisotopic (exact) mass is 242 g/mol. The first-order chi connectivity index (χ1) is 7.80. The number of likely N-dealkylation sites (N-methyl/N-ethyl adjacent to an activating group) is 1. The van der Waals surface area contributed by atoms with Gasteiger partial charge in [0.05, 0.1) is 7.11 Å². The van der Waals surface area contributed by atoms with Crippen LogP contribution < -0.4 is 10.1 Å². The predicted octanol–water partition coefficient (Wildman–Crippen LogP) is 2.19. The van der Waals surface area contributed by atoms with Crippen LogP contribution in [0.5, 0.6) is 5.06 Å². The Hall–Kier alpha value is -0.580. The second-order valence-electron chi connectivity index (χ2n) is 3.63. The van der Waals surface area contributed by atoms with Gasteiger partial charge in [0.15, 0.2) is 5.06 Å². The summed E-state index contributed by atoms with van der Waals surface area (Å²) in [5.41, 5.74) is 0. The number of hydrogen-bond acceptors (Lipinski definition) is 4. The van der Waals surface area contributed by atoms with Gasteiger partial charge in [0.2, 0.25) is 0 Å². The van der Waals surface area contributed by atoms with E-state index in [1.165, 1.54) is 4.88 Å². The van der Waals surface area contributed by atoms with Gasteiger partial charge in [-0.15, -0.1) is 11.3 Å². The summed E-state index contributed by atoms with van der Waals surface area (Å²) in [5, 5.41) is 4.44. The molecule has 0 atom stereocenters. The van der Waals surface area contributed by atoms with Crippen LogP contribution in [0.4, 0.5) is 0 Å². The van der Waals surface area contributed by atoms with E-state index in [1.807, 2.05) is 6.07 Å². The molecular formula is C12H22N2OS. The molecule has 0 bridgehead atoms. The molecule has 0 unspecified atom stereocenters. The minimum absolute atomic E-state index is 0.940. The van der Waals surface area contributed by atoms with E-state index < -0.39 is 0 Å². The average Bonchev–Trinajstić information content (AvgIpc) is 2.77. The van der Waals surface area contributed by atoms with Gasteiger partial charge in [-0.25, -0.2) is 0 Å². The maximum Gasteiger partial charge on any atom is 0.173 e. The highest BCUT2D eigenvalue weighted by Crippen LogP contribution is 2.23. The van der Waals surface area contributed by atoms with Crippen LogP contribution in [-0.2, 0) is 6.54 Å². The zero-order valence-corrected chi connectivity index (χ0v) is 11.3. The molecule has 0 saturated heterocycles. The lowest BCUT2D eigenvalue weighted by molar-refractivity contribution is 0.302. The molecule has 0 saturated carbocycles. The molecule has 0 aliphatic rings. The molecule has 0 radical (unpaired) electrons. The summed E-state index contributed by atoms with van der Waals surface area (Å²) < 4.78 is 5.16. The molecule has 0 aliphatic heterocycles. The fraction of sp³-hybridized carbons (Fsp3) is 0.667. The van der Waals surface area contributed by atoms with E-state index in [0.717, 1.165) is 37.8 Å². The van der Waals surface area contributed by atoms with Crippen molar-refractivity contribution in [3.05, 3.63) is 17.0 Å². The Bertz CT molecular complexity index is 284. The van der Waals surface area contributed by atoms with E-state index in [9.17, 15) is 0 Å². The van der Waals surface area contributed by atoms with E-state index in [-0.39, 0.29) is 0 Å². The van der Waals surface area contributed by atoms with Gasteiger partial charge in [-0.1, -0.05) is 13.8 Å². The van der Waals surface area contributed by atoms with Crippen LogP contribution in [0.2, 0.25) is 0 Å². The summed E-state index contributed by atoms with van der Waals surface area (Å²) >= 11 is 1.70. The van der Waals surface area contributed by atoms with E-state index >= 15 is 0 Å². The van der Waals surface area contributed by atoms with Gasteiger partial charge < -0.3 is 15.0 Å². The molecule has 0 spiro atoms. The van der Waals surface area contributed by atoms with Gasteiger partial charge in [0, 0.05) is 24.5 Å². The van der Waals surface area contributed by atoms with Gasteiger partial charge in [0.1, 0.15) is 0 Å². The number of methoxy groups -OCH3 is 1. The molecular weight excluding hydrogens is 220 g/mol. The number of ether oxygens (including phenoxy) is 1. The molecule has 1 aromatic rings. The van der Waals surface area contributed by atoms with Crippen molar-refractivity contribution in [3.8, 4) is 5.06 Å². The molecule has 1 heterocycles. The molecule has 1 N–H and O–H groups in total. The summed E-state index contributed by atoms with van der Waals surface area (Å²) in [6.45, 7) is 9.77. The lowest BCUT2D eigenvalue weighted by atomic mass is 10.4. The molecule has 92 valence electrons. The highest BCUT2D eigenvalue weighted by atomic mass is 32.1. The summed E-state index contributed by atoms with van der Waals surface area (Å²) in [7, 11) is 1.71. The topological polar surface area (TPSA) is 24.5 Å². The zero-order chi connectivity index (χ0) is 11.8. The normalized spacial score (nSPS) is 11.0. The summed E-state index contributed by atoms with van der Waals surface area (Å²) in [5.74, 6) is 0. The Morgan fingerprint density at radius 3 is 2.62 bits per heavy atom. The summed E-state index contributed by atoms with van der Waals surface area (Å²) in [6, 6.07) is 4.14. The number of rotatable bonds is 8. The molecule has 0 fully saturated rings. The Morgan fingerprint density at radius 2 is 2.06 bits per heavy atom. The number of nitrogens with one attached hydrogen (secondary N) is 1. The molecule has 0 aliphatic carbocycles. The molecule has 0 aromatic carbocycles. The number of hydrogen-bond donors (Lipinski definition) is 1. The smallest absolute Gasteiger partial charge is 0.173 e. The van der Waals surface area contributed by atoms with Gasteiger partial charge in [-0.05, 0) is 25.2 Å². The van der Waals surface area contributed by atoms with Gasteiger partial charge in [-0.2, -0.15) is 0 Å². The Kier molecular flexibility index (Phi) is 6.45. The first-order valence-electron chi connectivity index (χ1n) is 5.85. The quantitative estimate of drug-likeness (QED) is 0.707.